The molecule has 0 aliphatic heterocycles. The van der Waals surface area contributed by atoms with Crippen molar-refractivity contribution in [3.05, 3.63) is 53.7 Å². The molecule has 0 amide bonds. The number of nitrogens with one attached hydrogen (secondary N) is 2. The minimum absolute atomic E-state index is 0. The molecule has 0 aliphatic carbocycles. The van der Waals surface area contributed by atoms with Crippen molar-refractivity contribution in [2.24, 2.45) is 4.99 Å². The molecule has 142 valence electrons. The monoisotopic (exact) mass is 469 g/mol. The van der Waals surface area contributed by atoms with E-state index in [1.54, 1.807) is 7.05 Å². The van der Waals surface area contributed by atoms with Gasteiger partial charge >= 0.3 is 0 Å². The molecule has 7 heteroatoms. The molecule has 0 saturated carbocycles. The Balaban J connectivity index is 0.00000338. The van der Waals surface area contributed by atoms with Crippen LogP contribution >= 0.6 is 24.0 Å². The number of anilines is 1. The van der Waals surface area contributed by atoms with Crippen LogP contribution in [0.15, 0.2) is 47.5 Å². The largest absolute Gasteiger partial charge is 0.492 e. The molecule has 0 bridgehead atoms. The third-order valence-electron chi connectivity index (χ3n) is 3.60. The first kappa shape index (κ1) is 22.0. The molecular weight excluding hydrogens is 441 g/mol. The van der Waals surface area contributed by atoms with Gasteiger partial charge in [0.25, 0.3) is 0 Å². The van der Waals surface area contributed by atoms with Crippen molar-refractivity contribution in [3.63, 3.8) is 0 Å². The molecule has 2 aromatic rings. The molecule has 0 spiro atoms. The summed E-state index contributed by atoms with van der Waals surface area (Å²) in [6.07, 6.45) is 0. The molecule has 0 saturated heterocycles. The van der Waals surface area contributed by atoms with E-state index in [4.69, 9.17) is 4.74 Å². The predicted molar refractivity (Wildman–Crippen MR) is 119 cm³/mol. The Labute approximate surface area is 173 Å². The average Bonchev–Trinajstić information content (AvgIpc) is 2.63. The molecular formula is C19H28IN5O. The topological polar surface area (TPSA) is 61.8 Å². The summed E-state index contributed by atoms with van der Waals surface area (Å²) >= 11 is 0. The van der Waals surface area contributed by atoms with Crippen molar-refractivity contribution in [1.82, 2.24) is 15.6 Å². The molecule has 0 fully saturated rings. The SMILES string of the molecule is CN=C(NCCOc1ccc(C)cc1)NCc1cccc(N(C)C)n1.I. The third kappa shape index (κ3) is 7.47. The lowest BCUT2D eigenvalue weighted by molar-refractivity contribution is 0.322. The van der Waals surface area contributed by atoms with E-state index in [2.05, 4.69) is 27.5 Å². The first-order valence-corrected chi connectivity index (χ1v) is 8.35. The maximum Gasteiger partial charge on any atom is 0.191 e. The van der Waals surface area contributed by atoms with Crippen molar-refractivity contribution in [2.75, 3.05) is 39.2 Å². The fraction of sp³-hybridized carbons (Fsp3) is 0.368. The van der Waals surface area contributed by atoms with E-state index < -0.39 is 0 Å². The van der Waals surface area contributed by atoms with Crippen LogP contribution in [0.25, 0.3) is 0 Å². The molecule has 2 N–H and O–H groups in total. The Hall–Kier alpha value is -2.03. The maximum absolute atomic E-state index is 5.70. The summed E-state index contributed by atoms with van der Waals surface area (Å²) in [5.41, 5.74) is 2.19. The van der Waals surface area contributed by atoms with Gasteiger partial charge in [0.05, 0.1) is 18.8 Å². The van der Waals surface area contributed by atoms with Crippen LogP contribution in [0.4, 0.5) is 5.82 Å². The van der Waals surface area contributed by atoms with Crippen LogP contribution in [0, 0.1) is 6.92 Å². The average molecular weight is 469 g/mol. The quantitative estimate of drug-likeness (QED) is 0.283. The number of ether oxygens (including phenoxy) is 1. The van der Waals surface area contributed by atoms with Crippen LogP contribution in [0.5, 0.6) is 5.75 Å². The minimum Gasteiger partial charge on any atom is -0.492 e. The fourth-order valence-corrected chi connectivity index (χ4v) is 2.18. The van der Waals surface area contributed by atoms with Gasteiger partial charge in [-0.3, -0.25) is 4.99 Å². The number of rotatable bonds is 7. The number of guanidine groups is 1. The highest BCUT2D eigenvalue weighted by Crippen LogP contribution is 2.10. The highest BCUT2D eigenvalue weighted by Gasteiger charge is 2.02. The van der Waals surface area contributed by atoms with Gasteiger partial charge in [0.15, 0.2) is 5.96 Å². The third-order valence-corrected chi connectivity index (χ3v) is 3.60. The fourth-order valence-electron chi connectivity index (χ4n) is 2.18. The molecule has 0 aliphatic rings. The second-order valence-corrected chi connectivity index (χ2v) is 5.90. The number of benzene rings is 1. The lowest BCUT2D eigenvalue weighted by Gasteiger charge is -2.14. The van der Waals surface area contributed by atoms with Crippen LogP contribution in [-0.4, -0.2) is 45.2 Å². The first-order valence-electron chi connectivity index (χ1n) is 8.35. The lowest BCUT2D eigenvalue weighted by atomic mass is 10.2. The molecule has 1 aromatic carbocycles. The molecule has 0 radical (unpaired) electrons. The van der Waals surface area contributed by atoms with Gasteiger partial charge < -0.3 is 20.3 Å². The van der Waals surface area contributed by atoms with E-state index in [0.29, 0.717) is 19.7 Å². The van der Waals surface area contributed by atoms with Crippen LogP contribution in [0.2, 0.25) is 0 Å². The zero-order chi connectivity index (χ0) is 18.1. The summed E-state index contributed by atoms with van der Waals surface area (Å²) < 4.78 is 5.70. The Morgan fingerprint density at radius 1 is 1.12 bits per heavy atom. The number of aryl methyl sites for hydroxylation is 1. The van der Waals surface area contributed by atoms with Crippen molar-refractivity contribution < 1.29 is 4.74 Å². The van der Waals surface area contributed by atoms with E-state index in [9.17, 15) is 0 Å². The summed E-state index contributed by atoms with van der Waals surface area (Å²) in [5.74, 6) is 2.54. The second-order valence-electron chi connectivity index (χ2n) is 5.90. The van der Waals surface area contributed by atoms with Gasteiger partial charge in [0.1, 0.15) is 18.2 Å². The Bertz CT molecular complexity index is 689. The van der Waals surface area contributed by atoms with Gasteiger partial charge in [0, 0.05) is 21.1 Å². The van der Waals surface area contributed by atoms with E-state index in [1.807, 2.05) is 61.5 Å². The summed E-state index contributed by atoms with van der Waals surface area (Å²) in [6.45, 7) is 3.90. The van der Waals surface area contributed by atoms with E-state index >= 15 is 0 Å². The normalized spacial score (nSPS) is 10.7. The standard InChI is InChI=1S/C19H27N5O.HI/c1-15-8-10-17(11-9-15)25-13-12-21-19(20-2)22-14-16-6-5-7-18(23-16)24(3)4;/h5-11H,12-14H2,1-4H3,(H2,20,21,22);1H. The lowest BCUT2D eigenvalue weighted by Crippen LogP contribution is -2.39. The van der Waals surface area contributed by atoms with Gasteiger partial charge in [-0.15, -0.1) is 24.0 Å². The summed E-state index contributed by atoms with van der Waals surface area (Å²) in [7, 11) is 5.71. The van der Waals surface area contributed by atoms with Crippen LogP contribution in [-0.2, 0) is 6.54 Å². The smallest absolute Gasteiger partial charge is 0.191 e. The van der Waals surface area contributed by atoms with Gasteiger partial charge in [-0.25, -0.2) is 4.98 Å². The van der Waals surface area contributed by atoms with Crippen LogP contribution in [0.1, 0.15) is 11.3 Å². The second kappa shape index (κ2) is 11.6. The molecule has 26 heavy (non-hydrogen) atoms. The van der Waals surface area contributed by atoms with Gasteiger partial charge in [-0.2, -0.15) is 0 Å². The molecule has 0 unspecified atom stereocenters. The first-order chi connectivity index (χ1) is 12.1. The number of hydrogen-bond acceptors (Lipinski definition) is 4. The number of pyridine rings is 1. The molecule has 6 nitrogen and oxygen atoms in total. The molecule has 0 atom stereocenters. The maximum atomic E-state index is 5.70. The van der Waals surface area contributed by atoms with Crippen molar-refractivity contribution in [2.45, 2.75) is 13.5 Å². The van der Waals surface area contributed by atoms with Gasteiger partial charge in [-0.05, 0) is 31.2 Å². The molecule has 2 rings (SSSR count). The summed E-state index contributed by atoms with van der Waals surface area (Å²) in [4.78, 5) is 10.8. The van der Waals surface area contributed by atoms with E-state index in [1.165, 1.54) is 5.56 Å². The zero-order valence-electron chi connectivity index (χ0n) is 15.8. The number of aromatic nitrogens is 1. The van der Waals surface area contributed by atoms with Crippen molar-refractivity contribution in [1.29, 1.82) is 0 Å². The Kier molecular flexibility index (Phi) is 9.79. The van der Waals surface area contributed by atoms with Crippen molar-refractivity contribution >= 4 is 35.8 Å². The van der Waals surface area contributed by atoms with Gasteiger partial charge in [0.2, 0.25) is 0 Å². The predicted octanol–water partition coefficient (Wildman–Crippen LogP) is 2.82. The zero-order valence-corrected chi connectivity index (χ0v) is 18.2. The van der Waals surface area contributed by atoms with Crippen LogP contribution in [0.3, 0.4) is 0 Å². The van der Waals surface area contributed by atoms with Crippen LogP contribution < -0.4 is 20.3 Å². The van der Waals surface area contributed by atoms with E-state index in [0.717, 1.165) is 23.2 Å². The molecule has 1 aromatic heterocycles. The highest BCUT2D eigenvalue weighted by molar-refractivity contribution is 14.0. The number of halogens is 1. The van der Waals surface area contributed by atoms with Gasteiger partial charge in [-0.1, -0.05) is 23.8 Å². The van der Waals surface area contributed by atoms with Crippen molar-refractivity contribution in [3.8, 4) is 5.75 Å². The summed E-state index contributed by atoms with van der Waals surface area (Å²) in [5, 5.41) is 6.49. The highest BCUT2D eigenvalue weighted by atomic mass is 127. The number of aliphatic imine (C=N–C) groups is 1. The molecule has 1 heterocycles. The Morgan fingerprint density at radius 2 is 1.85 bits per heavy atom. The Morgan fingerprint density at radius 3 is 2.50 bits per heavy atom. The number of hydrogen-bond donors (Lipinski definition) is 2. The summed E-state index contributed by atoms with van der Waals surface area (Å²) in [6, 6.07) is 14.0. The van der Waals surface area contributed by atoms with E-state index in [-0.39, 0.29) is 24.0 Å². The number of nitrogens with zero attached hydrogens (tertiary/aromatic N) is 3. The minimum atomic E-state index is 0.